The first-order chi connectivity index (χ1) is 24.2. The van der Waals surface area contributed by atoms with Gasteiger partial charge in [0.25, 0.3) is 0 Å². The molecule has 2 unspecified atom stereocenters. The molecule has 51 heavy (non-hydrogen) atoms. The largest absolute Gasteiger partial charge is 0.465 e. The Balaban J connectivity index is 0.910. The van der Waals surface area contributed by atoms with E-state index in [-0.39, 0.29) is 22.8 Å². The van der Waals surface area contributed by atoms with Crippen molar-refractivity contribution in [1.29, 1.82) is 0 Å². The second kappa shape index (κ2) is 15.9. The molecule has 0 N–H and O–H groups in total. The zero-order valence-corrected chi connectivity index (χ0v) is 34.8. The van der Waals surface area contributed by atoms with Crippen LogP contribution in [0, 0.1) is 69.0 Å². The Bertz CT molecular complexity index is 1220. The van der Waals surface area contributed by atoms with Crippen LogP contribution in [0.5, 0.6) is 0 Å². The van der Waals surface area contributed by atoms with Gasteiger partial charge in [0.15, 0.2) is 0 Å². The molecule has 6 rings (SSSR count). The zero-order valence-electron chi connectivity index (χ0n) is 34.0. The number of thioether (sulfide) groups is 1. The van der Waals surface area contributed by atoms with Gasteiger partial charge in [-0.2, -0.15) is 11.8 Å². The first-order valence-electron chi connectivity index (χ1n) is 21.5. The Morgan fingerprint density at radius 3 is 1.47 bits per heavy atom. The van der Waals surface area contributed by atoms with Crippen molar-refractivity contribution >= 4 is 23.7 Å². The summed E-state index contributed by atoms with van der Waals surface area (Å²) >= 11 is 1.68. The minimum Gasteiger partial charge on any atom is -0.465 e. The summed E-state index contributed by atoms with van der Waals surface area (Å²) < 4.78 is 12.1. The fraction of sp³-hybridized carbons (Fsp3) is 0.870. The lowest BCUT2D eigenvalue weighted by molar-refractivity contribution is -0.154. The van der Waals surface area contributed by atoms with Gasteiger partial charge < -0.3 is 9.47 Å². The highest BCUT2D eigenvalue weighted by molar-refractivity contribution is 7.99. The molecule has 10 atom stereocenters. The first kappa shape index (κ1) is 39.5. The van der Waals surface area contributed by atoms with E-state index in [4.69, 9.17) is 9.47 Å². The molecule has 288 valence electrons. The van der Waals surface area contributed by atoms with E-state index in [9.17, 15) is 9.59 Å². The summed E-state index contributed by atoms with van der Waals surface area (Å²) in [7, 11) is 0. The van der Waals surface area contributed by atoms with Crippen molar-refractivity contribution in [3.05, 3.63) is 23.3 Å². The molecule has 0 saturated heterocycles. The van der Waals surface area contributed by atoms with Gasteiger partial charge in [-0.25, -0.2) is 0 Å². The SMILES string of the molecule is CC(C)C1CC[C@H]2C(=CC[C@H]3[C@](C)(COC(=O)CCSCCC(=O)OC[C@]4(C)CCC[C@]5(C)[C@H]6CCC(C(C)C)CC6=CC[C@@H]45)CCC[C@]23C)C1. The lowest BCUT2D eigenvalue weighted by Crippen LogP contribution is -2.52. The summed E-state index contributed by atoms with van der Waals surface area (Å²) in [6.45, 7) is 20.6. The Morgan fingerprint density at radius 1 is 0.667 bits per heavy atom. The Morgan fingerprint density at radius 2 is 1.08 bits per heavy atom. The Labute approximate surface area is 316 Å². The quantitative estimate of drug-likeness (QED) is 0.114. The van der Waals surface area contributed by atoms with Crippen LogP contribution in [0.1, 0.15) is 158 Å². The molecule has 0 heterocycles. The minimum atomic E-state index is -0.0845. The lowest BCUT2D eigenvalue weighted by atomic mass is 9.46. The van der Waals surface area contributed by atoms with Crippen molar-refractivity contribution in [3.63, 3.8) is 0 Å². The van der Waals surface area contributed by atoms with E-state index >= 15 is 0 Å². The van der Waals surface area contributed by atoms with Crippen molar-refractivity contribution in [2.75, 3.05) is 24.7 Å². The first-order valence-corrected chi connectivity index (χ1v) is 22.6. The normalized spacial score (nSPS) is 40.7. The maximum atomic E-state index is 12.9. The van der Waals surface area contributed by atoms with Crippen LogP contribution >= 0.6 is 11.8 Å². The van der Waals surface area contributed by atoms with E-state index in [2.05, 4.69) is 67.5 Å². The molecular formula is C46H74O4S. The molecular weight excluding hydrogens is 649 g/mol. The van der Waals surface area contributed by atoms with Gasteiger partial charge >= 0.3 is 11.9 Å². The fourth-order valence-electron chi connectivity index (χ4n) is 13.2. The summed E-state index contributed by atoms with van der Waals surface area (Å²) in [5.41, 5.74) is 4.23. The van der Waals surface area contributed by atoms with Crippen molar-refractivity contribution in [2.24, 2.45) is 69.0 Å². The topological polar surface area (TPSA) is 52.6 Å². The summed E-state index contributed by atoms with van der Waals surface area (Å²) in [6, 6.07) is 0. The average Bonchev–Trinajstić information content (AvgIpc) is 3.09. The summed E-state index contributed by atoms with van der Waals surface area (Å²) in [5, 5.41) is 0. The number of hydrogen-bond donors (Lipinski definition) is 0. The van der Waals surface area contributed by atoms with Gasteiger partial charge in [-0.15, -0.1) is 0 Å². The van der Waals surface area contributed by atoms with Crippen molar-refractivity contribution in [3.8, 4) is 0 Å². The highest BCUT2D eigenvalue weighted by Gasteiger charge is 2.56. The molecule has 0 bridgehead atoms. The van der Waals surface area contributed by atoms with E-state index in [1.54, 1.807) is 22.9 Å². The molecule has 6 aliphatic carbocycles. The molecule has 4 saturated carbocycles. The smallest absolute Gasteiger partial charge is 0.306 e. The minimum absolute atomic E-state index is 0.0479. The predicted octanol–water partition coefficient (Wildman–Crippen LogP) is 12.0. The molecule has 0 aliphatic heterocycles. The van der Waals surface area contributed by atoms with E-state index in [1.165, 1.54) is 64.2 Å². The van der Waals surface area contributed by atoms with Gasteiger partial charge in [0.2, 0.25) is 0 Å². The van der Waals surface area contributed by atoms with E-state index in [0.717, 1.165) is 49.4 Å². The lowest BCUT2D eigenvalue weighted by Gasteiger charge is -2.59. The Hall–Kier alpha value is -1.23. The molecule has 0 spiro atoms. The summed E-state index contributed by atoms with van der Waals surface area (Å²) in [4.78, 5) is 25.9. The molecule has 0 aromatic carbocycles. The van der Waals surface area contributed by atoms with Crippen molar-refractivity contribution < 1.29 is 19.1 Å². The van der Waals surface area contributed by atoms with Crippen LogP contribution in [-0.4, -0.2) is 36.7 Å². The number of fused-ring (bicyclic) bond motifs is 6. The summed E-state index contributed by atoms with van der Waals surface area (Å²) in [6.07, 6.45) is 23.7. The second-order valence-corrected chi connectivity index (χ2v) is 21.5. The number of esters is 2. The van der Waals surface area contributed by atoms with E-state index in [0.29, 0.717) is 72.1 Å². The number of rotatable bonds is 12. The monoisotopic (exact) mass is 723 g/mol. The van der Waals surface area contributed by atoms with Crippen LogP contribution in [0.4, 0.5) is 0 Å². The average molecular weight is 723 g/mol. The van der Waals surface area contributed by atoms with Gasteiger partial charge in [0.05, 0.1) is 26.1 Å². The van der Waals surface area contributed by atoms with E-state index in [1.807, 2.05) is 0 Å². The third kappa shape index (κ3) is 8.10. The third-order valence-corrected chi connectivity index (χ3v) is 17.5. The Kier molecular flexibility index (Phi) is 12.3. The number of hydrogen-bond acceptors (Lipinski definition) is 5. The number of allylic oxidation sites excluding steroid dienone is 4. The van der Waals surface area contributed by atoms with Gasteiger partial charge in [-0.05, 0) is 135 Å². The number of carbonyl (C=O) groups excluding carboxylic acids is 2. The fourth-order valence-corrected chi connectivity index (χ4v) is 14.1. The zero-order chi connectivity index (χ0) is 36.6. The molecule has 0 aromatic rings. The maximum Gasteiger partial charge on any atom is 0.306 e. The molecule has 4 nitrogen and oxygen atoms in total. The van der Waals surface area contributed by atoms with Crippen molar-refractivity contribution in [1.82, 2.24) is 0 Å². The number of ether oxygens (including phenoxy) is 2. The molecule has 0 amide bonds. The van der Waals surface area contributed by atoms with Crippen LogP contribution in [-0.2, 0) is 19.1 Å². The second-order valence-electron chi connectivity index (χ2n) is 20.3. The van der Waals surface area contributed by atoms with Gasteiger partial charge in [0.1, 0.15) is 0 Å². The standard InChI is InChI=1S/C46H74O4S/c1-31(2)33-11-15-37-35(27-33)13-17-39-43(5,21-9-23-45(37,39)7)29-49-41(47)19-25-51-26-20-42(48)50-30-44(6)22-10-24-46(8)38-16-12-34(32(3)4)28-36(38)14-18-40(44)46/h13-14,31-34,37-40H,9-12,15-30H2,1-8H3/t33?,34?,37-,38-,39-,40-,43-,44-,45+,46+/m0/s1. The highest BCUT2D eigenvalue weighted by Crippen LogP contribution is 2.64. The maximum absolute atomic E-state index is 12.9. The van der Waals surface area contributed by atoms with Gasteiger partial charge in [-0.3, -0.25) is 9.59 Å². The molecule has 0 radical (unpaired) electrons. The highest BCUT2D eigenvalue weighted by atomic mass is 32.2. The van der Waals surface area contributed by atoms with Crippen LogP contribution in [0.3, 0.4) is 0 Å². The number of carbonyl (C=O) groups is 2. The molecule has 4 fully saturated rings. The molecule has 6 aliphatic rings. The van der Waals surface area contributed by atoms with Crippen LogP contribution in [0.2, 0.25) is 0 Å². The van der Waals surface area contributed by atoms with Crippen LogP contribution in [0.15, 0.2) is 23.3 Å². The third-order valence-electron chi connectivity index (χ3n) is 16.5. The van der Waals surface area contributed by atoms with Crippen LogP contribution in [0.25, 0.3) is 0 Å². The summed E-state index contributed by atoms with van der Waals surface area (Å²) in [5.74, 6) is 7.02. The predicted molar refractivity (Wildman–Crippen MR) is 212 cm³/mol. The van der Waals surface area contributed by atoms with Crippen molar-refractivity contribution in [2.45, 2.75) is 158 Å². The molecule has 5 heteroatoms. The van der Waals surface area contributed by atoms with Gasteiger partial charge in [-0.1, -0.05) is 91.5 Å². The van der Waals surface area contributed by atoms with Gasteiger partial charge in [0, 0.05) is 22.3 Å². The molecule has 0 aromatic heterocycles. The van der Waals surface area contributed by atoms with Crippen LogP contribution < -0.4 is 0 Å². The van der Waals surface area contributed by atoms with E-state index < -0.39 is 0 Å².